The first-order chi connectivity index (χ1) is 12.1. The fourth-order valence-corrected chi connectivity index (χ4v) is 4.18. The molecule has 1 aliphatic carbocycles. The number of thioether (sulfide) groups is 1. The first kappa shape index (κ1) is 18.0. The number of benzene rings is 1. The smallest absolute Gasteiger partial charge is 0.230 e. The van der Waals surface area contributed by atoms with E-state index in [-0.39, 0.29) is 5.91 Å². The van der Waals surface area contributed by atoms with Crippen LogP contribution in [0.25, 0.3) is 5.69 Å². The summed E-state index contributed by atoms with van der Waals surface area (Å²) in [7, 11) is 0. The fourth-order valence-electron chi connectivity index (χ4n) is 3.36. The van der Waals surface area contributed by atoms with Crippen LogP contribution in [0.1, 0.15) is 43.5 Å². The summed E-state index contributed by atoms with van der Waals surface area (Å²) < 4.78 is 2.02. The Bertz CT molecular complexity index is 722. The quantitative estimate of drug-likeness (QED) is 0.801. The Balaban J connectivity index is 1.58. The molecule has 0 aliphatic heterocycles. The topological polar surface area (TPSA) is 59.8 Å². The summed E-state index contributed by atoms with van der Waals surface area (Å²) in [6, 6.07) is 8.15. The zero-order valence-corrected chi connectivity index (χ0v) is 15.8. The molecule has 1 N–H and O–H groups in total. The predicted molar refractivity (Wildman–Crippen MR) is 101 cm³/mol. The zero-order valence-electron chi connectivity index (χ0n) is 15.0. The average Bonchev–Trinajstić information content (AvgIpc) is 3.00. The molecule has 3 rings (SSSR count). The van der Waals surface area contributed by atoms with Gasteiger partial charge in [-0.2, -0.15) is 0 Å². The number of rotatable bonds is 6. The van der Waals surface area contributed by atoms with Gasteiger partial charge < -0.3 is 5.32 Å². The first-order valence-corrected chi connectivity index (χ1v) is 10.0. The highest BCUT2D eigenvalue weighted by atomic mass is 32.2. The van der Waals surface area contributed by atoms with Crippen LogP contribution in [0.2, 0.25) is 0 Å². The van der Waals surface area contributed by atoms with Crippen molar-refractivity contribution in [1.82, 2.24) is 20.1 Å². The Morgan fingerprint density at radius 2 is 1.96 bits per heavy atom. The van der Waals surface area contributed by atoms with Crippen LogP contribution in [-0.4, -0.2) is 33.0 Å². The Hall–Kier alpha value is -1.82. The van der Waals surface area contributed by atoms with E-state index < -0.39 is 0 Å². The zero-order chi connectivity index (χ0) is 17.6. The number of hydrogen-bond donors (Lipinski definition) is 1. The second-order valence-electron chi connectivity index (χ2n) is 6.75. The van der Waals surface area contributed by atoms with Crippen molar-refractivity contribution >= 4 is 17.7 Å². The maximum absolute atomic E-state index is 12.2. The Kier molecular flexibility index (Phi) is 6.13. The van der Waals surface area contributed by atoms with Crippen LogP contribution >= 0.6 is 11.8 Å². The van der Waals surface area contributed by atoms with E-state index in [0.29, 0.717) is 11.7 Å². The normalized spacial score (nSPS) is 15.3. The molecular weight excluding hydrogens is 332 g/mol. The van der Waals surface area contributed by atoms with Crippen molar-refractivity contribution in [2.24, 2.45) is 5.92 Å². The molecule has 0 radical (unpaired) electrons. The molecule has 1 aromatic carbocycles. The van der Waals surface area contributed by atoms with Gasteiger partial charge in [-0.15, -0.1) is 10.2 Å². The van der Waals surface area contributed by atoms with Crippen molar-refractivity contribution in [1.29, 1.82) is 0 Å². The van der Waals surface area contributed by atoms with Gasteiger partial charge in [0.2, 0.25) is 5.91 Å². The predicted octanol–water partition coefficient (Wildman–Crippen LogP) is 3.67. The summed E-state index contributed by atoms with van der Waals surface area (Å²) in [6.45, 7) is 4.82. The van der Waals surface area contributed by atoms with Gasteiger partial charge in [-0.25, -0.2) is 0 Å². The minimum Gasteiger partial charge on any atom is -0.355 e. The highest BCUT2D eigenvalue weighted by Crippen LogP contribution is 2.24. The number of amides is 1. The molecule has 0 bridgehead atoms. The van der Waals surface area contributed by atoms with E-state index in [0.717, 1.165) is 28.8 Å². The third-order valence-electron chi connectivity index (χ3n) is 4.80. The van der Waals surface area contributed by atoms with Crippen molar-refractivity contribution in [3.8, 4) is 5.69 Å². The van der Waals surface area contributed by atoms with E-state index in [1.165, 1.54) is 43.9 Å². The molecular formula is C19H26N4OS. The number of carbonyl (C=O) groups excluding carboxylic acids is 1. The van der Waals surface area contributed by atoms with Gasteiger partial charge in [0.1, 0.15) is 5.82 Å². The summed E-state index contributed by atoms with van der Waals surface area (Å²) in [4.78, 5) is 12.2. The molecule has 1 amide bonds. The maximum Gasteiger partial charge on any atom is 0.230 e. The van der Waals surface area contributed by atoms with Crippen LogP contribution in [0.5, 0.6) is 0 Å². The number of hydrogen-bond acceptors (Lipinski definition) is 4. The summed E-state index contributed by atoms with van der Waals surface area (Å²) in [5.74, 6) is 1.93. The fraction of sp³-hybridized carbons (Fsp3) is 0.526. The average molecular weight is 359 g/mol. The monoisotopic (exact) mass is 358 g/mol. The molecule has 134 valence electrons. The van der Waals surface area contributed by atoms with Gasteiger partial charge in [0.05, 0.1) is 11.4 Å². The Morgan fingerprint density at radius 1 is 1.20 bits per heavy atom. The van der Waals surface area contributed by atoms with Crippen LogP contribution in [0.15, 0.2) is 29.4 Å². The molecule has 1 fully saturated rings. The second-order valence-corrected chi connectivity index (χ2v) is 7.69. The van der Waals surface area contributed by atoms with Crippen molar-refractivity contribution in [2.45, 2.75) is 51.1 Å². The van der Waals surface area contributed by atoms with Crippen molar-refractivity contribution in [2.75, 3.05) is 12.3 Å². The van der Waals surface area contributed by atoms with Crippen LogP contribution < -0.4 is 5.32 Å². The van der Waals surface area contributed by atoms with Crippen LogP contribution in [0, 0.1) is 19.8 Å². The summed E-state index contributed by atoms with van der Waals surface area (Å²) in [5, 5.41) is 12.3. The van der Waals surface area contributed by atoms with Crippen molar-refractivity contribution < 1.29 is 4.79 Å². The SMILES string of the molecule is Cc1ccccc1-n1c(C)nnc1SCC(=O)NCC1CCCCC1. The lowest BCUT2D eigenvalue weighted by atomic mass is 9.89. The molecule has 6 heteroatoms. The number of nitrogens with zero attached hydrogens (tertiary/aromatic N) is 3. The molecule has 1 aromatic heterocycles. The first-order valence-electron chi connectivity index (χ1n) is 9.02. The maximum atomic E-state index is 12.2. The number of nitrogens with one attached hydrogen (secondary N) is 1. The molecule has 0 saturated heterocycles. The Labute approximate surface area is 153 Å². The van der Waals surface area contributed by atoms with Crippen molar-refractivity contribution in [3.05, 3.63) is 35.7 Å². The molecule has 1 aliphatic rings. The number of carbonyl (C=O) groups is 1. The minimum atomic E-state index is 0.0764. The van der Waals surface area contributed by atoms with E-state index in [1.807, 2.05) is 23.6 Å². The highest BCUT2D eigenvalue weighted by Gasteiger charge is 2.16. The molecule has 2 aromatic rings. The van der Waals surface area contributed by atoms with Gasteiger partial charge >= 0.3 is 0 Å². The summed E-state index contributed by atoms with van der Waals surface area (Å²) >= 11 is 1.44. The van der Waals surface area contributed by atoms with E-state index in [9.17, 15) is 4.79 Å². The lowest BCUT2D eigenvalue weighted by Gasteiger charge is -2.21. The van der Waals surface area contributed by atoms with Gasteiger partial charge in [0.15, 0.2) is 5.16 Å². The lowest BCUT2D eigenvalue weighted by molar-refractivity contribution is -0.118. The van der Waals surface area contributed by atoms with Gasteiger partial charge in [0, 0.05) is 6.54 Å². The lowest BCUT2D eigenvalue weighted by Crippen LogP contribution is -2.31. The summed E-state index contributed by atoms with van der Waals surface area (Å²) in [6.07, 6.45) is 6.43. The highest BCUT2D eigenvalue weighted by molar-refractivity contribution is 7.99. The second kappa shape index (κ2) is 8.52. The number of para-hydroxylation sites is 1. The van der Waals surface area contributed by atoms with E-state index in [1.54, 1.807) is 0 Å². The van der Waals surface area contributed by atoms with Gasteiger partial charge in [-0.1, -0.05) is 49.2 Å². The molecule has 0 unspecified atom stereocenters. The molecule has 25 heavy (non-hydrogen) atoms. The van der Waals surface area contributed by atoms with Crippen LogP contribution in [0.3, 0.4) is 0 Å². The molecule has 0 atom stereocenters. The number of aryl methyl sites for hydroxylation is 2. The van der Waals surface area contributed by atoms with E-state index in [4.69, 9.17) is 0 Å². The van der Waals surface area contributed by atoms with E-state index >= 15 is 0 Å². The van der Waals surface area contributed by atoms with Crippen LogP contribution in [-0.2, 0) is 4.79 Å². The van der Waals surface area contributed by atoms with Gasteiger partial charge in [-0.05, 0) is 44.2 Å². The van der Waals surface area contributed by atoms with Crippen molar-refractivity contribution in [3.63, 3.8) is 0 Å². The Morgan fingerprint density at radius 3 is 2.72 bits per heavy atom. The van der Waals surface area contributed by atoms with Crippen LogP contribution in [0.4, 0.5) is 0 Å². The molecule has 5 nitrogen and oxygen atoms in total. The molecule has 1 heterocycles. The molecule has 1 saturated carbocycles. The summed E-state index contributed by atoms with van der Waals surface area (Å²) in [5.41, 5.74) is 2.23. The van der Waals surface area contributed by atoms with Gasteiger partial charge in [0.25, 0.3) is 0 Å². The number of aromatic nitrogens is 3. The third-order valence-corrected chi connectivity index (χ3v) is 5.73. The third kappa shape index (κ3) is 4.63. The minimum absolute atomic E-state index is 0.0764. The van der Waals surface area contributed by atoms with Gasteiger partial charge in [-0.3, -0.25) is 9.36 Å². The van der Waals surface area contributed by atoms with E-state index in [2.05, 4.69) is 34.6 Å². The standard InChI is InChI=1S/C19H26N4OS/c1-14-8-6-7-11-17(14)23-15(2)21-22-19(23)25-13-18(24)20-12-16-9-4-3-5-10-16/h6-8,11,16H,3-5,9-10,12-13H2,1-2H3,(H,20,24). The molecule has 0 spiro atoms. The largest absolute Gasteiger partial charge is 0.355 e.